The minimum atomic E-state index is -1.99. The number of aromatic hydroxyl groups is 3. The maximum absolute atomic E-state index is 14.3. The molecule has 0 aliphatic rings. The molecule has 90 heavy (non-hydrogen) atoms. The van der Waals surface area contributed by atoms with Crippen LogP contribution in [0.2, 0.25) is 0 Å². The molecule has 0 radical (unpaired) electrons. The number of phenolic OH excluding ortho intramolecular Hbond substituents is 3. The van der Waals surface area contributed by atoms with Gasteiger partial charge in [0.15, 0.2) is 0 Å². The summed E-state index contributed by atoms with van der Waals surface area (Å²) in [6.45, 7) is 2.30. The molecule has 0 unspecified atom stereocenters. The molecular formula is C58H82N12O20. The summed E-state index contributed by atoms with van der Waals surface area (Å²) in [5.74, 6) is -15.5. The third-order valence-corrected chi connectivity index (χ3v) is 14.1. The predicted octanol–water partition coefficient (Wildman–Crippen LogP) is -5.11. The van der Waals surface area contributed by atoms with Crippen LogP contribution in [0.5, 0.6) is 17.2 Å². The van der Waals surface area contributed by atoms with E-state index in [1.807, 2.05) is 0 Å². The van der Waals surface area contributed by atoms with E-state index in [1.54, 1.807) is 13.8 Å². The number of aliphatic carboxylic acids is 2. The number of hydrogen-bond donors (Lipinski definition) is 20. The van der Waals surface area contributed by atoms with Gasteiger partial charge in [0.05, 0.1) is 31.8 Å². The summed E-state index contributed by atoms with van der Waals surface area (Å²) >= 11 is 0. The van der Waals surface area contributed by atoms with Gasteiger partial charge in [-0.2, -0.15) is 0 Å². The van der Waals surface area contributed by atoms with Crippen LogP contribution in [-0.4, -0.2) is 198 Å². The first-order valence-corrected chi connectivity index (χ1v) is 28.7. The smallest absolute Gasteiger partial charge is 0.326 e. The number of carboxylic acid groups (broad SMARTS) is 2. The van der Waals surface area contributed by atoms with Crippen LogP contribution in [0.1, 0.15) is 82.4 Å². The predicted molar refractivity (Wildman–Crippen MR) is 317 cm³/mol. The number of phenols is 3. The Morgan fingerprint density at radius 2 is 0.800 bits per heavy atom. The zero-order chi connectivity index (χ0) is 67.4. The van der Waals surface area contributed by atoms with E-state index in [2.05, 4.69) is 47.9 Å². The Labute approximate surface area is 516 Å². The Morgan fingerprint density at radius 3 is 1.17 bits per heavy atom. The largest absolute Gasteiger partial charge is 0.508 e. The lowest BCUT2D eigenvalue weighted by atomic mass is 9.98. The molecule has 32 heteroatoms. The van der Waals surface area contributed by atoms with Crippen LogP contribution in [0.4, 0.5) is 0 Å². The summed E-state index contributed by atoms with van der Waals surface area (Å²) in [4.78, 5) is 161. The number of aliphatic hydroxyl groups excluding tert-OH is 3. The summed E-state index contributed by atoms with van der Waals surface area (Å²) in [5.41, 5.74) is 17.8. The van der Waals surface area contributed by atoms with E-state index < -0.39 is 189 Å². The van der Waals surface area contributed by atoms with Crippen LogP contribution >= 0.6 is 0 Å². The molecule has 12 atom stereocenters. The number of hydrogen-bond acceptors (Lipinski definition) is 20. The van der Waals surface area contributed by atoms with Gasteiger partial charge in [-0.1, -0.05) is 63.1 Å². The highest BCUT2D eigenvalue weighted by molar-refractivity contribution is 5.99. The second kappa shape index (κ2) is 37.4. The van der Waals surface area contributed by atoms with Gasteiger partial charge in [0, 0.05) is 25.7 Å². The molecule has 0 aliphatic carbocycles. The van der Waals surface area contributed by atoms with E-state index in [0.717, 1.165) is 6.92 Å². The highest BCUT2D eigenvalue weighted by atomic mass is 16.4. The van der Waals surface area contributed by atoms with Crippen molar-refractivity contribution in [3.8, 4) is 17.2 Å². The van der Waals surface area contributed by atoms with E-state index in [9.17, 15) is 98.4 Å². The van der Waals surface area contributed by atoms with Crippen LogP contribution in [0.3, 0.4) is 0 Å². The van der Waals surface area contributed by atoms with Crippen molar-refractivity contribution >= 4 is 71.0 Å². The molecule has 494 valence electrons. The first-order chi connectivity index (χ1) is 42.5. The number of amides is 10. The topological polar surface area (TPSA) is 553 Å². The number of aliphatic hydroxyl groups is 3. The van der Waals surface area contributed by atoms with Gasteiger partial charge in [0.2, 0.25) is 59.1 Å². The lowest BCUT2D eigenvalue weighted by Gasteiger charge is -2.28. The molecule has 0 saturated heterocycles. The van der Waals surface area contributed by atoms with E-state index >= 15 is 0 Å². The van der Waals surface area contributed by atoms with Crippen molar-refractivity contribution in [3.05, 3.63) is 89.5 Å². The Hall–Kier alpha value is -9.50. The Kier molecular flexibility index (Phi) is 31.0. The summed E-state index contributed by atoms with van der Waals surface area (Å²) < 4.78 is 0. The Bertz CT molecular complexity index is 2940. The number of unbranched alkanes of at least 4 members (excludes halogenated alkanes) is 1. The van der Waals surface area contributed by atoms with E-state index in [4.69, 9.17) is 17.2 Å². The standard InChI is InChI=1S/C58H82N12O20/c1-4-29(2)47(58(89)90)69-53(84)41(25-33-12-18-36(76)19-13-33)65-56(87)44(28-72)68-52(83)39(23-31-8-14-34(74)15-9-31)64-55(86)43(27-71)67-50(81)38(20-21-45(61)77)62-51(82)40(24-32-10-16-35(75)17-11-32)66-57(88)48(30(3)73)70-54(85)42(26-46(78)79)63-49(80)37(60)7-5-6-22-59/h8-19,29-30,37-44,47-48,71-76H,4-7,20-28,59-60H2,1-3H3,(H2,61,77)(H,62,82)(H,63,80)(H,64,86)(H,65,87)(H,66,88)(H,67,81)(H,68,83)(H,69,84)(H,70,85)(H,78,79)(H,89,90)/t29-,30+,37-,38-,39-,40-,41-,42-,43-,44-,47-,48-/m0/s1. The lowest BCUT2D eigenvalue weighted by Crippen LogP contribution is -2.62. The number of rotatable bonds is 39. The van der Waals surface area contributed by atoms with E-state index in [-0.39, 0.29) is 41.2 Å². The molecule has 0 spiro atoms. The van der Waals surface area contributed by atoms with Gasteiger partial charge in [-0.25, -0.2) is 4.79 Å². The first kappa shape index (κ1) is 74.8. The molecular weight excluding hydrogens is 1180 g/mol. The molecule has 3 rings (SSSR count). The number of nitrogens with one attached hydrogen (secondary N) is 9. The van der Waals surface area contributed by atoms with Gasteiger partial charge < -0.3 is 106 Å². The third kappa shape index (κ3) is 25.3. The van der Waals surface area contributed by atoms with E-state index in [0.29, 0.717) is 31.4 Å². The highest BCUT2D eigenvalue weighted by Gasteiger charge is 2.38. The number of primary amides is 1. The van der Waals surface area contributed by atoms with Gasteiger partial charge in [-0.3, -0.25) is 52.7 Å². The average Bonchev–Trinajstić information content (AvgIpc) is 1.14. The second-order valence-electron chi connectivity index (χ2n) is 21.3. The molecule has 3 aromatic rings. The van der Waals surface area contributed by atoms with E-state index in [1.165, 1.54) is 72.8 Å². The van der Waals surface area contributed by atoms with Gasteiger partial charge >= 0.3 is 11.9 Å². The van der Waals surface area contributed by atoms with Gasteiger partial charge in [-0.15, -0.1) is 0 Å². The van der Waals surface area contributed by atoms with Crippen LogP contribution in [0.15, 0.2) is 72.8 Å². The molecule has 0 aromatic heterocycles. The molecule has 23 N–H and O–H groups in total. The third-order valence-electron chi connectivity index (χ3n) is 14.1. The maximum atomic E-state index is 14.3. The summed E-state index contributed by atoms with van der Waals surface area (Å²) in [6.07, 6.45) is -3.76. The molecule has 0 saturated carbocycles. The molecule has 3 aromatic carbocycles. The second-order valence-corrected chi connectivity index (χ2v) is 21.3. The summed E-state index contributed by atoms with van der Waals surface area (Å²) in [6, 6.07) is -1.39. The fourth-order valence-corrected chi connectivity index (χ4v) is 8.70. The maximum Gasteiger partial charge on any atom is 0.326 e. The van der Waals surface area contributed by atoms with Gasteiger partial charge in [-0.05, 0) is 91.7 Å². The Morgan fingerprint density at radius 1 is 0.456 bits per heavy atom. The lowest BCUT2D eigenvalue weighted by molar-refractivity contribution is -0.144. The van der Waals surface area contributed by atoms with Crippen molar-refractivity contribution in [2.75, 3.05) is 19.8 Å². The van der Waals surface area contributed by atoms with Crippen molar-refractivity contribution < 1.29 is 98.4 Å². The zero-order valence-electron chi connectivity index (χ0n) is 49.8. The molecule has 10 amide bonds. The molecule has 0 fully saturated rings. The molecule has 32 nitrogen and oxygen atoms in total. The van der Waals surface area contributed by atoms with Crippen molar-refractivity contribution in [2.45, 2.75) is 152 Å². The summed E-state index contributed by atoms with van der Waals surface area (Å²) in [5, 5.41) is 102. The number of benzene rings is 3. The van der Waals surface area contributed by atoms with Gasteiger partial charge in [0.1, 0.15) is 71.6 Å². The normalized spacial score (nSPS) is 15.1. The fraction of sp³-hybridized carbons (Fsp3) is 0.483. The van der Waals surface area contributed by atoms with Crippen LogP contribution in [0.25, 0.3) is 0 Å². The minimum Gasteiger partial charge on any atom is -0.508 e. The average molecular weight is 1270 g/mol. The first-order valence-electron chi connectivity index (χ1n) is 28.7. The van der Waals surface area contributed by atoms with Crippen LogP contribution in [-0.2, 0) is 76.8 Å². The zero-order valence-corrected chi connectivity index (χ0v) is 49.8. The van der Waals surface area contributed by atoms with Crippen LogP contribution in [0, 0.1) is 5.92 Å². The number of nitrogens with two attached hydrogens (primary N) is 3. The number of carboxylic acids is 2. The quantitative estimate of drug-likeness (QED) is 0.0238. The van der Waals surface area contributed by atoms with Crippen molar-refractivity contribution in [1.29, 1.82) is 0 Å². The van der Waals surface area contributed by atoms with Crippen LogP contribution < -0.4 is 65.1 Å². The SMILES string of the molecule is CC[C@H](C)[C@H](NC(=O)[C@H](Cc1ccc(O)cc1)NC(=O)[C@H](CO)NC(=O)[C@H](Cc1ccc(O)cc1)NC(=O)[C@H](CO)NC(=O)[C@H](CCC(N)=O)NC(=O)[C@H](Cc1ccc(O)cc1)NC(=O)[C@@H](NC(=O)[C@H](CC(=O)O)NC(=O)[C@@H](N)CCCCN)[C@@H](C)O)C(=O)O. The minimum absolute atomic E-state index is 0.122. The van der Waals surface area contributed by atoms with Crippen molar-refractivity contribution in [1.82, 2.24) is 47.9 Å². The Balaban J connectivity index is 1.94. The van der Waals surface area contributed by atoms with Crippen molar-refractivity contribution in [3.63, 3.8) is 0 Å². The molecule has 0 aliphatic heterocycles. The monoisotopic (exact) mass is 1270 g/mol. The molecule has 0 bridgehead atoms. The molecule has 0 heterocycles. The number of carbonyl (C=O) groups is 12. The van der Waals surface area contributed by atoms with Crippen molar-refractivity contribution in [2.24, 2.45) is 23.1 Å². The van der Waals surface area contributed by atoms with Gasteiger partial charge in [0.25, 0.3) is 0 Å². The summed E-state index contributed by atoms with van der Waals surface area (Å²) in [7, 11) is 0. The number of carbonyl (C=O) groups excluding carboxylic acids is 10. The fourth-order valence-electron chi connectivity index (χ4n) is 8.70. The highest BCUT2D eigenvalue weighted by Crippen LogP contribution is 2.17.